The minimum absolute atomic E-state index is 0.125. The van der Waals surface area contributed by atoms with Gasteiger partial charge in [0.1, 0.15) is 0 Å². The van der Waals surface area contributed by atoms with Crippen molar-refractivity contribution in [2.24, 2.45) is 0 Å². The van der Waals surface area contributed by atoms with Gasteiger partial charge in [0.2, 0.25) is 0 Å². The summed E-state index contributed by atoms with van der Waals surface area (Å²) in [4.78, 5) is 9.06. The molecule has 4 heteroatoms. The van der Waals surface area contributed by atoms with E-state index < -0.39 is 0 Å². The Morgan fingerprint density at radius 3 is 2.50 bits per heavy atom. The SMILES string of the molecule is Cc1cc(-c2nc(C(C)(C)C)no2)c2ccccc2n1. The quantitative estimate of drug-likeness (QED) is 0.671. The van der Waals surface area contributed by atoms with Crippen LogP contribution in [0.4, 0.5) is 0 Å². The van der Waals surface area contributed by atoms with Crippen LogP contribution in [0.1, 0.15) is 32.3 Å². The van der Waals surface area contributed by atoms with Gasteiger partial charge in [0.05, 0.1) is 11.1 Å². The van der Waals surface area contributed by atoms with Gasteiger partial charge in [0.15, 0.2) is 5.82 Å². The number of para-hydroxylation sites is 1. The topological polar surface area (TPSA) is 51.8 Å². The van der Waals surface area contributed by atoms with Gasteiger partial charge in [-0.15, -0.1) is 0 Å². The molecule has 0 spiro atoms. The van der Waals surface area contributed by atoms with Crippen molar-refractivity contribution in [3.8, 4) is 11.5 Å². The fraction of sp³-hybridized carbons (Fsp3) is 0.312. The van der Waals surface area contributed by atoms with Crippen LogP contribution in [-0.4, -0.2) is 15.1 Å². The maximum Gasteiger partial charge on any atom is 0.258 e. The molecule has 0 amide bonds. The lowest BCUT2D eigenvalue weighted by Crippen LogP contribution is -2.13. The monoisotopic (exact) mass is 267 g/mol. The predicted molar refractivity (Wildman–Crippen MR) is 78.5 cm³/mol. The van der Waals surface area contributed by atoms with Gasteiger partial charge in [-0.25, -0.2) is 0 Å². The standard InChI is InChI=1S/C16H17N3O/c1-10-9-12(11-7-5-6-8-13(11)17-10)14-18-15(19-20-14)16(2,3)4/h5-9H,1-4H3. The van der Waals surface area contributed by atoms with Crippen molar-refractivity contribution < 1.29 is 4.52 Å². The van der Waals surface area contributed by atoms with Gasteiger partial charge in [-0.1, -0.05) is 44.1 Å². The van der Waals surface area contributed by atoms with E-state index in [9.17, 15) is 0 Å². The third kappa shape index (κ3) is 2.18. The zero-order valence-corrected chi connectivity index (χ0v) is 12.1. The molecular formula is C16H17N3O. The number of benzene rings is 1. The number of fused-ring (bicyclic) bond motifs is 1. The molecule has 20 heavy (non-hydrogen) atoms. The summed E-state index contributed by atoms with van der Waals surface area (Å²) < 4.78 is 5.45. The predicted octanol–water partition coefficient (Wildman–Crippen LogP) is 3.89. The molecule has 0 radical (unpaired) electrons. The summed E-state index contributed by atoms with van der Waals surface area (Å²) in [5.41, 5.74) is 2.70. The molecule has 4 nitrogen and oxygen atoms in total. The van der Waals surface area contributed by atoms with Crippen molar-refractivity contribution in [1.29, 1.82) is 0 Å². The number of aromatic nitrogens is 3. The normalized spacial score (nSPS) is 12.0. The fourth-order valence-electron chi connectivity index (χ4n) is 2.12. The molecule has 3 aromatic rings. The molecular weight excluding hydrogens is 250 g/mol. The molecule has 0 aliphatic rings. The first-order chi connectivity index (χ1) is 9.45. The maximum absolute atomic E-state index is 5.45. The molecule has 0 fully saturated rings. The van der Waals surface area contributed by atoms with E-state index in [1.807, 2.05) is 37.3 Å². The van der Waals surface area contributed by atoms with Gasteiger partial charge < -0.3 is 4.52 Å². The van der Waals surface area contributed by atoms with Crippen LogP contribution in [-0.2, 0) is 5.41 Å². The first-order valence-corrected chi connectivity index (χ1v) is 6.66. The molecule has 2 heterocycles. The van der Waals surface area contributed by atoms with Crippen LogP contribution in [0.25, 0.3) is 22.4 Å². The van der Waals surface area contributed by atoms with Gasteiger partial charge in [-0.05, 0) is 19.1 Å². The largest absolute Gasteiger partial charge is 0.334 e. The Hall–Kier alpha value is -2.23. The van der Waals surface area contributed by atoms with Crippen molar-refractivity contribution in [3.05, 3.63) is 41.9 Å². The first-order valence-electron chi connectivity index (χ1n) is 6.66. The van der Waals surface area contributed by atoms with E-state index in [-0.39, 0.29) is 5.41 Å². The Balaban J connectivity index is 2.21. The van der Waals surface area contributed by atoms with E-state index in [1.54, 1.807) is 0 Å². The number of hydrogen-bond donors (Lipinski definition) is 0. The van der Waals surface area contributed by atoms with Crippen LogP contribution in [0.3, 0.4) is 0 Å². The van der Waals surface area contributed by atoms with Crippen LogP contribution in [0.5, 0.6) is 0 Å². The molecule has 0 unspecified atom stereocenters. The average Bonchev–Trinajstić information content (AvgIpc) is 2.87. The highest BCUT2D eigenvalue weighted by Gasteiger charge is 2.22. The highest BCUT2D eigenvalue weighted by atomic mass is 16.5. The fourth-order valence-corrected chi connectivity index (χ4v) is 2.12. The Morgan fingerprint density at radius 1 is 1.05 bits per heavy atom. The Kier molecular flexibility index (Phi) is 2.82. The van der Waals surface area contributed by atoms with Crippen molar-refractivity contribution in [2.75, 3.05) is 0 Å². The summed E-state index contributed by atoms with van der Waals surface area (Å²) >= 11 is 0. The molecule has 0 atom stereocenters. The molecule has 0 N–H and O–H groups in total. The second-order valence-electron chi connectivity index (χ2n) is 6.00. The van der Waals surface area contributed by atoms with Crippen LogP contribution >= 0.6 is 0 Å². The minimum atomic E-state index is -0.125. The van der Waals surface area contributed by atoms with E-state index in [0.29, 0.717) is 11.7 Å². The summed E-state index contributed by atoms with van der Waals surface area (Å²) in [7, 11) is 0. The molecule has 0 aliphatic heterocycles. The summed E-state index contributed by atoms with van der Waals surface area (Å²) in [6.07, 6.45) is 0. The van der Waals surface area contributed by atoms with Crippen molar-refractivity contribution >= 4 is 10.9 Å². The van der Waals surface area contributed by atoms with E-state index in [1.165, 1.54) is 0 Å². The third-order valence-corrected chi connectivity index (χ3v) is 3.17. The second kappa shape index (κ2) is 4.40. The van der Waals surface area contributed by atoms with Gasteiger partial charge in [-0.3, -0.25) is 4.98 Å². The van der Waals surface area contributed by atoms with E-state index >= 15 is 0 Å². The van der Waals surface area contributed by atoms with Gasteiger partial charge in [0.25, 0.3) is 5.89 Å². The summed E-state index contributed by atoms with van der Waals surface area (Å²) in [6.45, 7) is 8.17. The Morgan fingerprint density at radius 2 is 1.80 bits per heavy atom. The van der Waals surface area contributed by atoms with E-state index in [4.69, 9.17) is 4.52 Å². The molecule has 2 aromatic heterocycles. The number of hydrogen-bond acceptors (Lipinski definition) is 4. The van der Waals surface area contributed by atoms with Crippen LogP contribution in [0.2, 0.25) is 0 Å². The van der Waals surface area contributed by atoms with Crippen LogP contribution in [0.15, 0.2) is 34.9 Å². The molecule has 0 bridgehead atoms. The maximum atomic E-state index is 5.45. The third-order valence-electron chi connectivity index (χ3n) is 3.17. The zero-order chi connectivity index (χ0) is 14.3. The summed E-state index contributed by atoms with van der Waals surface area (Å²) in [5, 5.41) is 5.12. The second-order valence-corrected chi connectivity index (χ2v) is 6.00. The number of rotatable bonds is 1. The molecule has 0 saturated carbocycles. The van der Waals surface area contributed by atoms with Crippen molar-refractivity contribution in [1.82, 2.24) is 15.1 Å². The van der Waals surface area contributed by atoms with Gasteiger partial charge in [0, 0.05) is 16.5 Å². The van der Waals surface area contributed by atoms with Crippen LogP contribution < -0.4 is 0 Å². The lowest BCUT2D eigenvalue weighted by Gasteiger charge is -2.11. The van der Waals surface area contributed by atoms with Gasteiger partial charge >= 0.3 is 0 Å². The van der Waals surface area contributed by atoms with Crippen molar-refractivity contribution in [3.63, 3.8) is 0 Å². The smallest absolute Gasteiger partial charge is 0.258 e. The molecule has 0 saturated heterocycles. The molecule has 1 aromatic carbocycles. The molecule has 0 aliphatic carbocycles. The highest BCUT2D eigenvalue weighted by molar-refractivity contribution is 5.92. The Labute approximate surface area is 117 Å². The minimum Gasteiger partial charge on any atom is -0.334 e. The highest BCUT2D eigenvalue weighted by Crippen LogP contribution is 2.29. The lowest BCUT2D eigenvalue weighted by atomic mass is 9.96. The first kappa shape index (κ1) is 12.8. The zero-order valence-electron chi connectivity index (χ0n) is 12.1. The number of aryl methyl sites for hydroxylation is 1. The summed E-state index contributed by atoms with van der Waals surface area (Å²) in [5.74, 6) is 1.27. The molecule has 102 valence electrons. The van der Waals surface area contributed by atoms with E-state index in [0.717, 1.165) is 22.2 Å². The lowest BCUT2D eigenvalue weighted by molar-refractivity contribution is 0.402. The molecule has 3 rings (SSSR count). The van der Waals surface area contributed by atoms with Crippen LogP contribution in [0, 0.1) is 6.92 Å². The van der Waals surface area contributed by atoms with Gasteiger partial charge in [-0.2, -0.15) is 4.98 Å². The van der Waals surface area contributed by atoms with Crippen molar-refractivity contribution in [2.45, 2.75) is 33.1 Å². The number of nitrogens with zero attached hydrogens (tertiary/aromatic N) is 3. The number of pyridine rings is 1. The van der Waals surface area contributed by atoms with E-state index in [2.05, 4.69) is 35.9 Å². The average molecular weight is 267 g/mol. The summed E-state index contributed by atoms with van der Waals surface area (Å²) in [6, 6.07) is 9.98. The Bertz CT molecular complexity index is 769.